The van der Waals surface area contributed by atoms with Gasteiger partial charge >= 0.3 is 18.0 Å². The summed E-state index contributed by atoms with van der Waals surface area (Å²) in [6, 6.07) is 0. The number of amides is 1. The minimum atomic E-state index is -1.06. The summed E-state index contributed by atoms with van der Waals surface area (Å²) in [6.07, 6.45) is 26.6. The van der Waals surface area contributed by atoms with Crippen molar-refractivity contribution in [2.45, 2.75) is 238 Å². The zero-order valence-corrected chi connectivity index (χ0v) is 43.6. The number of likely N-dealkylation sites (N-methyl/N-ethyl adjacent to an activating group) is 2. The molecule has 390 valence electrons. The fraction of sp³-hybridized carbons (Fsp3) is 0.943. The molecule has 1 heterocycles. The zero-order chi connectivity index (χ0) is 48.3. The van der Waals surface area contributed by atoms with Crippen LogP contribution in [0.1, 0.15) is 207 Å². The van der Waals surface area contributed by atoms with Crippen molar-refractivity contribution in [3.05, 3.63) is 0 Å². The molecule has 0 bridgehead atoms. The van der Waals surface area contributed by atoms with Crippen molar-refractivity contribution < 1.29 is 52.3 Å². The highest BCUT2D eigenvalue weighted by molar-refractivity contribution is 5.76. The van der Waals surface area contributed by atoms with E-state index in [0.717, 1.165) is 64.2 Å². The lowest BCUT2D eigenvalue weighted by Crippen LogP contribution is -2.45. The Morgan fingerprint density at radius 3 is 1.29 bits per heavy atom. The van der Waals surface area contributed by atoms with E-state index in [1.807, 2.05) is 19.0 Å². The van der Waals surface area contributed by atoms with E-state index in [9.17, 15) is 14.4 Å². The maximum Gasteiger partial charge on any atom is 0.409 e. The first kappa shape index (κ1) is 62.0. The monoisotopic (exact) mass is 943 g/mol. The summed E-state index contributed by atoms with van der Waals surface area (Å²) in [4.78, 5) is 44.6. The maximum absolute atomic E-state index is 14.1. The molecule has 0 aliphatic carbocycles. The molecule has 0 aromatic carbocycles. The summed E-state index contributed by atoms with van der Waals surface area (Å²) < 4.78 is 48.5. The van der Waals surface area contributed by atoms with Crippen LogP contribution < -0.4 is 0 Å². The molecule has 0 saturated carbocycles. The quantitative estimate of drug-likeness (QED) is 0.0327. The van der Waals surface area contributed by atoms with Crippen LogP contribution in [0.5, 0.6) is 0 Å². The number of hydrogen-bond acceptors (Lipinski definition) is 12. The van der Waals surface area contributed by atoms with E-state index in [0.29, 0.717) is 39.5 Å². The number of rotatable bonds is 47. The summed E-state index contributed by atoms with van der Waals surface area (Å²) in [7, 11) is 5.54. The first-order valence-corrected chi connectivity index (χ1v) is 27.1. The number of nitrogens with zero attached hydrogens (tertiary/aromatic N) is 2. The summed E-state index contributed by atoms with van der Waals surface area (Å²) in [5, 5.41) is 0. The molecule has 66 heavy (non-hydrogen) atoms. The van der Waals surface area contributed by atoms with Crippen LogP contribution in [-0.2, 0) is 47.5 Å². The van der Waals surface area contributed by atoms with Crippen molar-refractivity contribution in [3.63, 3.8) is 0 Å². The molecule has 0 aromatic rings. The number of unbranched alkanes of at least 4 members (excludes halogenated alkanes) is 24. The lowest BCUT2D eigenvalue weighted by atomic mass is 10.1. The predicted octanol–water partition coefficient (Wildman–Crippen LogP) is 11.6. The minimum Gasteiger partial charge on any atom is -0.454 e. The van der Waals surface area contributed by atoms with Crippen LogP contribution in [0.15, 0.2) is 0 Å². The fourth-order valence-electron chi connectivity index (χ4n) is 7.82. The van der Waals surface area contributed by atoms with E-state index < -0.39 is 48.6 Å². The van der Waals surface area contributed by atoms with Gasteiger partial charge in [0.1, 0.15) is 12.7 Å². The molecule has 0 aromatic heterocycles. The summed E-state index contributed by atoms with van der Waals surface area (Å²) in [5.74, 6) is -1.23. The number of carbonyl (C=O) groups is 3. The Morgan fingerprint density at radius 2 is 0.879 bits per heavy atom. The third-order valence-electron chi connectivity index (χ3n) is 12.3. The molecule has 2 unspecified atom stereocenters. The van der Waals surface area contributed by atoms with Gasteiger partial charge in [0.05, 0.1) is 19.8 Å². The van der Waals surface area contributed by atoms with Gasteiger partial charge in [-0.2, -0.15) is 0 Å². The van der Waals surface area contributed by atoms with Crippen molar-refractivity contribution >= 4 is 18.0 Å². The van der Waals surface area contributed by atoms with Gasteiger partial charge in [0.2, 0.25) is 0 Å². The topological polar surface area (TPSA) is 132 Å². The van der Waals surface area contributed by atoms with Gasteiger partial charge in [0.25, 0.3) is 0 Å². The standard InChI is InChI=1S/C53H102N2O11/c1-8-12-16-20-24-28-32-38-59-42-48(61-40-34-30-26-22-18-14-10-3)51(56)65-47-45-63-46(44-64-53(58)55(7)37-36-54(5)6)50(47)66-52(57)49(62-41-35-31-27-23-19-15-11-4)43-60-39-33-29-25-21-17-13-9-2/h46-50H,8-45H2,1-7H3/t46-,47+,48?,49?,50+/m1/s1. The lowest BCUT2D eigenvalue weighted by Gasteiger charge is -2.27. The number of ether oxygens (including phenoxy) is 8. The summed E-state index contributed by atoms with van der Waals surface area (Å²) in [5.41, 5.74) is 0. The molecule has 1 amide bonds. The minimum absolute atomic E-state index is 0.0458. The number of esters is 2. The average Bonchev–Trinajstić information content (AvgIpc) is 3.68. The van der Waals surface area contributed by atoms with E-state index in [4.69, 9.17) is 37.9 Å². The van der Waals surface area contributed by atoms with Gasteiger partial charge in [0.15, 0.2) is 24.4 Å². The third-order valence-corrected chi connectivity index (χ3v) is 12.3. The third kappa shape index (κ3) is 33.5. The molecule has 5 atom stereocenters. The second-order valence-corrected chi connectivity index (χ2v) is 18.9. The van der Waals surface area contributed by atoms with Crippen LogP contribution in [-0.4, -0.2) is 145 Å². The highest BCUT2D eigenvalue weighted by Gasteiger charge is 2.45. The molecule has 1 aliphatic rings. The molecule has 13 heteroatoms. The Labute approximate surface area is 404 Å². The summed E-state index contributed by atoms with van der Waals surface area (Å²) >= 11 is 0. The fourth-order valence-corrected chi connectivity index (χ4v) is 7.82. The molecule has 1 saturated heterocycles. The largest absolute Gasteiger partial charge is 0.454 e. The Hall–Kier alpha value is -2.03. The van der Waals surface area contributed by atoms with Gasteiger partial charge in [-0.15, -0.1) is 0 Å². The van der Waals surface area contributed by atoms with Crippen LogP contribution >= 0.6 is 0 Å². The van der Waals surface area contributed by atoms with Gasteiger partial charge in [-0.1, -0.05) is 182 Å². The Morgan fingerprint density at radius 1 is 0.500 bits per heavy atom. The van der Waals surface area contributed by atoms with Gasteiger partial charge in [-0.25, -0.2) is 14.4 Å². The molecule has 1 aliphatic heterocycles. The molecule has 0 N–H and O–H groups in total. The van der Waals surface area contributed by atoms with Crippen molar-refractivity contribution in [2.75, 3.05) is 87.1 Å². The van der Waals surface area contributed by atoms with Crippen LogP contribution in [0.2, 0.25) is 0 Å². The molecular weight excluding hydrogens is 841 g/mol. The van der Waals surface area contributed by atoms with Gasteiger partial charge in [0, 0.05) is 46.6 Å². The lowest BCUT2D eigenvalue weighted by molar-refractivity contribution is -0.184. The van der Waals surface area contributed by atoms with Gasteiger partial charge in [-0.05, 0) is 39.8 Å². The van der Waals surface area contributed by atoms with Crippen LogP contribution in [0.4, 0.5) is 4.79 Å². The van der Waals surface area contributed by atoms with Crippen LogP contribution in [0.25, 0.3) is 0 Å². The SMILES string of the molecule is CCCCCCCCCOCC(OCCCCCCCCC)C(=O)O[C@@H]1[C@@H](OC(=O)C(COCCCCCCCCC)OCCCCCCCCC)CO[C@@H]1COC(=O)N(C)CCN(C)C. The van der Waals surface area contributed by atoms with E-state index in [2.05, 4.69) is 27.7 Å². The second-order valence-electron chi connectivity index (χ2n) is 18.9. The highest BCUT2D eigenvalue weighted by Crippen LogP contribution is 2.24. The van der Waals surface area contributed by atoms with Crippen molar-refractivity contribution in [1.82, 2.24) is 9.80 Å². The number of carbonyl (C=O) groups excluding carboxylic acids is 3. The van der Waals surface area contributed by atoms with Gasteiger partial charge in [-0.3, -0.25) is 0 Å². The van der Waals surface area contributed by atoms with Crippen LogP contribution in [0, 0.1) is 0 Å². The average molecular weight is 943 g/mol. The second kappa shape index (κ2) is 44.2. The number of hydrogen-bond donors (Lipinski definition) is 0. The van der Waals surface area contributed by atoms with Crippen molar-refractivity contribution in [1.29, 1.82) is 0 Å². The predicted molar refractivity (Wildman–Crippen MR) is 265 cm³/mol. The van der Waals surface area contributed by atoms with E-state index >= 15 is 0 Å². The Bertz CT molecular complexity index is 1130. The van der Waals surface area contributed by atoms with Crippen molar-refractivity contribution in [2.24, 2.45) is 0 Å². The van der Waals surface area contributed by atoms with E-state index in [-0.39, 0.29) is 26.4 Å². The van der Waals surface area contributed by atoms with Crippen molar-refractivity contribution in [3.8, 4) is 0 Å². The summed E-state index contributed by atoms with van der Waals surface area (Å²) in [6.45, 7) is 11.7. The van der Waals surface area contributed by atoms with E-state index in [1.54, 1.807) is 7.05 Å². The Kier molecular flexibility index (Phi) is 41.5. The molecule has 13 nitrogen and oxygen atoms in total. The first-order chi connectivity index (χ1) is 32.2. The smallest absolute Gasteiger partial charge is 0.409 e. The van der Waals surface area contributed by atoms with E-state index in [1.165, 1.54) is 120 Å². The normalized spacial score (nSPS) is 17.0. The molecule has 0 radical (unpaired) electrons. The first-order valence-electron chi connectivity index (χ1n) is 27.1. The molecular formula is C53H102N2O11. The van der Waals surface area contributed by atoms with Gasteiger partial charge < -0.3 is 47.7 Å². The Balaban J connectivity index is 3.13. The molecule has 1 fully saturated rings. The highest BCUT2D eigenvalue weighted by atomic mass is 16.7. The molecule has 1 rings (SSSR count). The maximum atomic E-state index is 14.1. The van der Waals surface area contributed by atoms with Crippen LogP contribution in [0.3, 0.4) is 0 Å². The zero-order valence-electron chi connectivity index (χ0n) is 43.6. The molecule has 0 spiro atoms.